The van der Waals surface area contributed by atoms with Crippen molar-refractivity contribution >= 4 is 0 Å². The molecule has 0 aliphatic heterocycles. The summed E-state index contributed by atoms with van der Waals surface area (Å²) in [4.78, 5) is 0. The topological polar surface area (TPSA) is 38.7 Å². The maximum Gasteiger partial charge on any atom is 0.127 e. The Morgan fingerprint density at radius 3 is 2.03 bits per heavy atom. The molecule has 0 aromatic heterocycles. The Bertz CT molecular complexity index is 1090. The minimum absolute atomic E-state index is 0.0414. The smallest absolute Gasteiger partial charge is 0.127 e. The van der Waals surface area contributed by atoms with Gasteiger partial charge in [0, 0.05) is 11.1 Å². The number of aliphatic hydroxyl groups excluding tert-OH is 1. The van der Waals surface area contributed by atoms with Gasteiger partial charge in [0.15, 0.2) is 0 Å². The second-order valence-corrected chi connectivity index (χ2v) is 8.83. The van der Waals surface area contributed by atoms with Crippen LogP contribution >= 0.6 is 0 Å². The van der Waals surface area contributed by atoms with E-state index in [2.05, 4.69) is 42.5 Å². The van der Waals surface area contributed by atoms with Gasteiger partial charge in [-0.2, -0.15) is 0 Å². The highest BCUT2D eigenvalue weighted by atomic mass is 16.5. The van der Waals surface area contributed by atoms with Crippen LogP contribution in [0, 0.1) is 11.8 Å². The largest absolute Gasteiger partial charge is 0.496 e. The Kier molecular flexibility index (Phi) is 5.45. The molecule has 31 heavy (non-hydrogen) atoms. The molecule has 3 aromatic carbocycles. The fourth-order valence-corrected chi connectivity index (χ4v) is 5.84. The predicted octanol–water partition coefficient (Wildman–Crippen LogP) is 6.05. The standard InChI is InChI=1S/C28H30O3/c1-30-25-13-11-21(17-29)23-15-19-9-6-10-20(19)16-24-22(18-7-4-3-5-8-18)12-14-26(31-2)28(24)27(23)25/h3-5,7-8,11-14,19-20,29H,6,9-10,15-17H2,1-2H3. The molecule has 3 nitrogen and oxygen atoms in total. The molecule has 0 bridgehead atoms. The third kappa shape index (κ3) is 3.41. The molecule has 2 aliphatic carbocycles. The van der Waals surface area contributed by atoms with Crippen molar-refractivity contribution in [3.8, 4) is 33.8 Å². The number of rotatable bonds is 4. The van der Waals surface area contributed by atoms with Crippen LogP contribution in [0.25, 0.3) is 22.3 Å². The summed E-state index contributed by atoms with van der Waals surface area (Å²) in [5.41, 5.74) is 8.31. The molecular formula is C28H30O3. The zero-order valence-electron chi connectivity index (χ0n) is 18.4. The molecule has 1 fully saturated rings. The van der Waals surface area contributed by atoms with Gasteiger partial charge < -0.3 is 14.6 Å². The van der Waals surface area contributed by atoms with Crippen molar-refractivity contribution in [1.29, 1.82) is 0 Å². The summed E-state index contributed by atoms with van der Waals surface area (Å²) in [5.74, 6) is 3.02. The molecule has 2 atom stereocenters. The van der Waals surface area contributed by atoms with Crippen molar-refractivity contribution in [2.75, 3.05) is 14.2 Å². The van der Waals surface area contributed by atoms with Crippen LogP contribution in [0.4, 0.5) is 0 Å². The summed E-state index contributed by atoms with van der Waals surface area (Å²) < 4.78 is 11.8. The molecule has 0 heterocycles. The van der Waals surface area contributed by atoms with Crippen molar-refractivity contribution in [1.82, 2.24) is 0 Å². The summed E-state index contributed by atoms with van der Waals surface area (Å²) >= 11 is 0. The van der Waals surface area contributed by atoms with Crippen molar-refractivity contribution in [2.24, 2.45) is 11.8 Å². The zero-order valence-corrected chi connectivity index (χ0v) is 18.4. The predicted molar refractivity (Wildman–Crippen MR) is 125 cm³/mol. The van der Waals surface area contributed by atoms with E-state index in [4.69, 9.17) is 9.47 Å². The van der Waals surface area contributed by atoms with E-state index >= 15 is 0 Å². The van der Waals surface area contributed by atoms with Crippen molar-refractivity contribution < 1.29 is 14.6 Å². The quantitative estimate of drug-likeness (QED) is 0.565. The Morgan fingerprint density at radius 1 is 0.774 bits per heavy atom. The van der Waals surface area contributed by atoms with Crippen LogP contribution < -0.4 is 9.47 Å². The van der Waals surface area contributed by atoms with Crippen LogP contribution in [0.15, 0.2) is 54.6 Å². The minimum Gasteiger partial charge on any atom is -0.496 e. The number of fused-ring (bicyclic) bond motifs is 4. The first-order chi connectivity index (χ1) is 15.2. The third-order valence-electron chi connectivity index (χ3n) is 7.34. The van der Waals surface area contributed by atoms with Crippen LogP contribution in [0.1, 0.15) is 36.0 Å². The van der Waals surface area contributed by atoms with Gasteiger partial charge in [-0.25, -0.2) is 0 Å². The van der Waals surface area contributed by atoms with Crippen molar-refractivity contribution in [2.45, 2.75) is 38.7 Å². The molecule has 5 rings (SSSR count). The van der Waals surface area contributed by atoms with Gasteiger partial charge >= 0.3 is 0 Å². The Labute approximate surface area is 184 Å². The molecule has 160 valence electrons. The average molecular weight is 415 g/mol. The van der Waals surface area contributed by atoms with Crippen LogP contribution in [0.2, 0.25) is 0 Å². The van der Waals surface area contributed by atoms with Crippen LogP contribution in [0.3, 0.4) is 0 Å². The van der Waals surface area contributed by atoms with E-state index in [0.29, 0.717) is 11.8 Å². The van der Waals surface area contributed by atoms with Gasteiger partial charge in [0.25, 0.3) is 0 Å². The first-order valence-corrected chi connectivity index (χ1v) is 11.3. The lowest BCUT2D eigenvalue weighted by atomic mass is 9.75. The normalized spacial score (nSPS) is 19.6. The summed E-state index contributed by atoms with van der Waals surface area (Å²) in [6.07, 6.45) is 5.84. The molecule has 1 N–H and O–H groups in total. The van der Waals surface area contributed by atoms with E-state index < -0.39 is 0 Å². The van der Waals surface area contributed by atoms with E-state index in [1.54, 1.807) is 14.2 Å². The number of ether oxygens (including phenoxy) is 2. The number of benzene rings is 3. The molecular weight excluding hydrogens is 384 g/mol. The Morgan fingerprint density at radius 2 is 1.39 bits per heavy atom. The molecule has 0 radical (unpaired) electrons. The summed E-state index contributed by atoms with van der Waals surface area (Å²) in [6.45, 7) is 0.0414. The lowest BCUT2D eigenvalue weighted by molar-refractivity contribution is 0.278. The maximum atomic E-state index is 10.2. The monoisotopic (exact) mass is 414 g/mol. The van der Waals surface area contributed by atoms with Crippen LogP contribution in [-0.2, 0) is 19.4 Å². The van der Waals surface area contributed by atoms with Gasteiger partial charge in [0.2, 0.25) is 0 Å². The minimum atomic E-state index is 0.0414. The van der Waals surface area contributed by atoms with Crippen LogP contribution in [-0.4, -0.2) is 19.3 Å². The molecule has 0 amide bonds. The third-order valence-corrected chi connectivity index (χ3v) is 7.34. The Balaban J connectivity index is 1.87. The number of hydrogen-bond donors (Lipinski definition) is 1. The van der Waals surface area contributed by atoms with Gasteiger partial charge in [0.05, 0.1) is 20.8 Å². The number of hydrogen-bond acceptors (Lipinski definition) is 3. The molecule has 3 aromatic rings. The second kappa shape index (κ2) is 8.39. The highest BCUT2D eigenvalue weighted by Gasteiger charge is 2.35. The Hall–Kier alpha value is -2.78. The van der Waals surface area contributed by atoms with E-state index in [0.717, 1.165) is 41.0 Å². The second-order valence-electron chi connectivity index (χ2n) is 8.83. The van der Waals surface area contributed by atoms with Gasteiger partial charge in [-0.05, 0) is 77.5 Å². The number of methoxy groups -OCH3 is 2. The molecule has 2 aliphatic rings. The first kappa shape index (κ1) is 20.1. The zero-order chi connectivity index (χ0) is 21.4. The molecule has 0 spiro atoms. The van der Waals surface area contributed by atoms with Crippen molar-refractivity contribution in [3.63, 3.8) is 0 Å². The number of aliphatic hydroxyl groups is 1. The summed E-state index contributed by atoms with van der Waals surface area (Å²) in [7, 11) is 3.48. The highest BCUT2D eigenvalue weighted by molar-refractivity contribution is 5.88. The molecule has 3 heteroatoms. The first-order valence-electron chi connectivity index (χ1n) is 11.3. The maximum absolute atomic E-state index is 10.2. The molecule has 2 unspecified atom stereocenters. The van der Waals surface area contributed by atoms with E-state index in [1.807, 2.05) is 12.1 Å². The van der Waals surface area contributed by atoms with Gasteiger partial charge in [0.1, 0.15) is 11.5 Å². The van der Waals surface area contributed by atoms with E-state index in [-0.39, 0.29) is 6.61 Å². The van der Waals surface area contributed by atoms with E-state index in [1.165, 1.54) is 41.5 Å². The van der Waals surface area contributed by atoms with Gasteiger partial charge in [-0.15, -0.1) is 0 Å². The molecule has 1 saturated carbocycles. The van der Waals surface area contributed by atoms with Gasteiger partial charge in [-0.3, -0.25) is 0 Å². The fourth-order valence-electron chi connectivity index (χ4n) is 5.84. The van der Waals surface area contributed by atoms with Gasteiger partial charge in [-0.1, -0.05) is 48.9 Å². The average Bonchev–Trinajstić information content (AvgIpc) is 3.23. The summed E-state index contributed by atoms with van der Waals surface area (Å²) in [5, 5.41) is 10.2. The van der Waals surface area contributed by atoms with E-state index in [9.17, 15) is 5.11 Å². The summed E-state index contributed by atoms with van der Waals surface area (Å²) in [6, 6.07) is 19.0. The fraction of sp³-hybridized carbons (Fsp3) is 0.357. The lowest BCUT2D eigenvalue weighted by Gasteiger charge is -2.31. The van der Waals surface area contributed by atoms with Crippen molar-refractivity contribution in [3.05, 3.63) is 71.3 Å². The SMILES string of the molecule is COc1ccc(CO)c2c1-c1c(OC)ccc(-c3ccccc3)c1CC1CCCC1C2. The lowest BCUT2D eigenvalue weighted by Crippen LogP contribution is -2.19. The highest BCUT2D eigenvalue weighted by Crippen LogP contribution is 2.51. The van der Waals surface area contributed by atoms with Crippen LogP contribution in [0.5, 0.6) is 11.5 Å². The molecule has 0 saturated heterocycles.